The second-order valence-electron chi connectivity index (χ2n) is 7.99. The van der Waals surface area contributed by atoms with Gasteiger partial charge in [0.1, 0.15) is 6.04 Å². The number of benzene rings is 2. The highest BCUT2D eigenvalue weighted by Gasteiger charge is 2.26. The van der Waals surface area contributed by atoms with E-state index in [1.54, 1.807) is 4.90 Å². The third-order valence-corrected chi connectivity index (χ3v) is 5.71. The second-order valence-corrected chi connectivity index (χ2v) is 7.99. The van der Waals surface area contributed by atoms with E-state index >= 15 is 0 Å². The Morgan fingerprint density at radius 2 is 1.47 bits per heavy atom. The summed E-state index contributed by atoms with van der Waals surface area (Å²) in [5.41, 5.74) is 3.62. The van der Waals surface area contributed by atoms with E-state index in [9.17, 15) is 9.59 Å². The minimum atomic E-state index is -0.488. The quantitative estimate of drug-likeness (QED) is 0.593. The van der Waals surface area contributed by atoms with Crippen LogP contribution in [0.25, 0.3) is 0 Å². The number of carbonyl (C=O) groups is 2. The first-order chi connectivity index (χ1) is 14.4. The molecule has 0 aliphatic carbocycles. The molecule has 0 saturated heterocycles. The summed E-state index contributed by atoms with van der Waals surface area (Å²) < 4.78 is 0. The Balaban J connectivity index is 2.05. The molecule has 0 spiro atoms. The lowest BCUT2D eigenvalue weighted by Gasteiger charge is -2.29. The van der Waals surface area contributed by atoms with Crippen molar-refractivity contribution in [2.45, 2.75) is 71.9 Å². The Hall–Kier alpha value is -2.62. The van der Waals surface area contributed by atoms with Gasteiger partial charge < -0.3 is 10.2 Å². The molecule has 0 radical (unpaired) electrons. The Morgan fingerprint density at radius 3 is 2.07 bits per heavy atom. The van der Waals surface area contributed by atoms with E-state index in [2.05, 4.69) is 48.6 Å². The molecule has 2 rings (SSSR count). The van der Waals surface area contributed by atoms with Crippen LogP contribution < -0.4 is 5.32 Å². The van der Waals surface area contributed by atoms with Gasteiger partial charge in [0.25, 0.3) is 0 Å². The summed E-state index contributed by atoms with van der Waals surface area (Å²) in [6.45, 7) is 8.52. The molecule has 0 unspecified atom stereocenters. The number of amides is 2. The molecular formula is C26H36N2O2. The predicted octanol–water partition coefficient (Wildman–Crippen LogP) is 4.56. The van der Waals surface area contributed by atoms with Gasteiger partial charge >= 0.3 is 0 Å². The predicted molar refractivity (Wildman–Crippen MR) is 123 cm³/mol. The van der Waals surface area contributed by atoms with Gasteiger partial charge in [-0.2, -0.15) is 0 Å². The highest BCUT2D eigenvalue weighted by molar-refractivity contribution is 5.87. The van der Waals surface area contributed by atoms with Crippen molar-refractivity contribution in [3.63, 3.8) is 0 Å². The summed E-state index contributed by atoms with van der Waals surface area (Å²) in [4.78, 5) is 27.6. The van der Waals surface area contributed by atoms with Gasteiger partial charge in [-0.1, -0.05) is 68.4 Å². The van der Waals surface area contributed by atoms with Crippen LogP contribution in [0.5, 0.6) is 0 Å². The van der Waals surface area contributed by atoms with Crippen molar-refractivity contribution in [1.82, 2.24) is 10.2 Å². The number of hydrogen-bond donors (Lipinski definition) is 1. The molecular weight excluding hydrogens is 372 g/mol. The number of aryl methyl sites for hydroxylation is 2. The lowest BCUT2D eigenvalue weighted by molar-refractivity contribution is -0.140. The standard InChI is InChI=1S/C26H36N2O2/c1-5-20(3)27-26(30)21(4)28(19-18-23-10-8-7-9-11-23)25(29)17-16-24-14-12-22(6-2)13-15-24/h7-15,20-21H,5-6,16-19H2,1-4H3,(H,27,30)/t20-,21-/m0/s1. The largest absolute Gasteiger partial charge is 0.352 e. The van der Waals surface area contributed by atoms with Crippen LogP contribution in [-0.2, 0) is 28.9 Å². The van der Waals surface area contributed by atoms with Crippen LogP contribution >= 0.6 is 0 Å². The number of hydrogen-bond acceptors (Lipinski definition) is 2. The highest BCUT2D eigenvalue weighted by Crippen LogP contribution is 2.12. The molecule has 0 bridgehead atoms. The average molecular weight is 409 g/mol. The lowest BCUT2D eigenvalue weighted by Crippen LogP contribution is -2.50. The van der Waals surface area contributed by atoms with Crippen LogP contribution in [0.1, 0.15) is 57.2 Å². The molecule has 162 valence electrons. The first kappa shape index (κ1) is 23.7. The fraction of sp³-hybridized carbons (Fsp3) is 0.462. The molecule has 30 heavy (non-hydrogen) atoms. The lowest BCUT2D eigenvalue weighted by atomic mass is 10.0. The van der Waals surface area contributed by atoms with E-state index in [4.69, 9.17) is 0 Å². The zero-order chi connectivity index (χ0) is 21.9. The smallest absolute Gasteiger partial charge is 0.242 e. The first-order valence-corrected chi connectivity index (χ1v) is 11.2. The third-order valence-electron chi connectivity index (χ3n) is 5.71. The van der Waals surface area contributed by atoms with Crippen molar-refractivity contribution < 1.29 is 9.59 Å². The number of rotatable bonds is 11. The van der Waals surface area contributed by atoms with Crippen LogP contribution in [0.15, 0.2) is 54.6 Å². The van der Waals surface area contributed by atoms with Gasteiger partial charge in [-0.05, 0) is 56.2 Å². The summed E-state index contributed by atoms with van der Waals surface area (Å²) in [5.74, 6) is -0.0599. The molecule has 0 aliphatic heterocycles. The van der Waals surface area contributed by atoms with Crippen LogP contribution in [0.3, 0.4) is 0 Å². The Bertz CT molecular complexity index is 786. The molecule has 0 heterocycles. The van der Waals surface area contributed by atoms with Gasteiger partial charge in [-0.3, -0.25) is 9.59 Å². The topological polar surface area (TPSA) is 49.4 Å². The summed E-state index contributed by atoms with van der Waals surface area (Å²) in [7, 11) is 0. The molecule has 0 fully saturated rings. The Labute approximate surface area is 181 Å². The zero-order valence-electron chi connectivity index (χ0n) is 18.9. The summed E-state index contributed by atoms with van der Waals surface area (Å²) >= 11 is 0. The van der Waals surface area contributed by atoms with Crippen molar-refractivity contribution in [1.29, 1.82) is 0 Å². The van der Waals surface area contributed by atoms with E-state index in [1.807, 2.05) is 39.0 Å². The van der Waals surface area contributed by atoms with Crippen LogP contribution in [0, 0.1) is 0 Å². The highest BCUT2D eigenvalue weighted by atomic mass is 16.2. The van der Waals surface area contributed by atoms with E-state index in [-0.39, 0.29) is 17.9 Å². The van der Waals surface area contributed by atoms with E-state index in [0.29, 0.717) is 19.4 Å². The summed E-state index contributed by atoms with van der Waals surface area (Å²) in [6.07, 6.45) is 3.70. The maximum absolute atomic E-state index is 13.1. The maximum Gasteiger partial charge on any atom is 0.242 e. The molecule has 2 atom stereocenters. The molecule has 4 nitrogen and oxygen atoms in total. The molecule has 4 heteroatoms. The van der Waals surface area contributed by atoms with Crippen molar-refractivity contribution in [2.75, 3.05) is 6.54 Å². The fourth-order valence-electron chi connectivity index (χ4n) is 3.37. The molecule has 2 aromatic rings. The second kappa shape index (κ2) is 12.2. The SMILES string of the molecule is CCc1ccc(CCC(=O)N(CCc2ccccc2)[C@@H](C)C(=O)N[C@@H](C)CC)cc1. The van der Waals surface area contributed by atoms with E-state index < -0.39 is 6.04 Å². The molecule has 2 aromatic carbocycles. The fourth-order valence-corrected chi connectivity index (χ4v) is 3.37. The van der Waals surface area contributed by atoms with Crippen LogP contribution in [0.4, 0.5) is 0 Å². The third kappa shape index (κ3) is 7.33. The van der Waals surface area contributed by atoms with Crippen molar-refractivity contribution in [3.8, 4) is 0 Å². The monoisotopic (exact) mass is 408 g/mol. The Kier molecular flexibility index (Phi) is 9.59. The van der Waals surface area contributed by atoms with Gasteiger partial charge in [-0.15, -0.1) is 0 Å². The summed E-state index contributed by atoms with van der Waals surface area (Å²) in [6, 6.07) is 18.1. The number of carbonyl (C=O) groups excluding carboxylic acids is 2. The van der Waals surface area contributed by atoms with Gasteiger partial charge in [0.2, 0.25) is 11.8 Å². The molecule has 0 aromatic heterocycles. The molecule has 1 N–H and O–H groups in total. The number of nitrogens with one attached hydrogen (secondary N) is 1. The van der Waals surface area contributed by atoms with Crippen LogP contribution in [-0.4, -0.2) is 35.3 Å². The minimum absolute atomic E-state index is 0.0253. The van der Waals surface area contributed by atoms with Crippen molar-refractivity contribution in [3.05, 3.63) is 71.3 Å². The van der Waals surface area contributed by atoms with Gasteiger partial charge in [0.05, 0.1) is 0 Å². The summed E-state index contributed by atoms with van der Waals surface area (Å²) in [5, 5.41) is 3.02. The first-order valence-electron chi connectivity index (χ1n) is 11.2. The van der Waals surface area contributed by atoms with Gasteiger partial charge in [-0.25, -0.2) is 0 Å². The average Bonchev–Trinajstić information content (AvgIpc) is 2.78. The van der Waals surface area contributed by atoms with Gasteiger partial charge in [0, 0.05) is 19.0 Å². The maximum atomic E-state index is 13.1. The minimum Gasteiger partial charge on any atom is -0.352 e. The molecule has 0 aliphatic rings. The normalized spacial score (nSPS) is 12.8. The molecule has 0 saturated carbocycles. The van der Waals surface area contributed by atoms with E-state index in [1.165, 1.54) is 11.1 Å². The van der Waals surface area contributed by atoms with Crippen LogP contribution in [0.2, 0.25) is 0 Å². The number of nitrogens with zero attached hydrogens (tertiary/aromatic N) is 1. The Morgan fingerprint density at radius 1 is 0.867 bits per heavy atom. The van der Waals surface area contributed by atoms with Crippen molar-refractivity contribution in [2.24, 2.45) is 0 Å². The molecule has 2 amide bonds. The van der Waals surface area contributed by atoms with Gasteiger partial charge in [0.15, 0.2) is 0 Å². The van der Waals surface area contributed by atoms with Crippen molar-refractivity contribution >= 4 is 11.8 Å². The zero-order valence-corrected chi connectivity index (χ0v) is 18.9. The van der Waals surface area contributed by atoms with E-state index in [0.717, 1.165) is 24.8 Å².